The fourth-order valence-electron chi connectivity index (χ4n) is 4.64. The molecule has 1 amide bonds. The van der Waals surface area contributed by atoms with Gasteiger partial charge < -0.3 is 14.8 Å². The molecule has 0 fully saturated rings. The van der Waals surface area contributed by atoms with Crippen molar-refractivity contribution in [3.63, 3.8) is 0 Å². The van der Waals surface area contributed by atoms with E-state index in [9.17, 15) is 4.79 Å². The van der Waals surface area contributed by atoms with E-state index in [1.165, 1.54) is 4.88 Å². The molecule has 1 aliphatic carbocycles. The minimum Gasteiger partial charge on any atom is -0.486 e. The van der Waals surface area contributed by atoms with Gasteiger partial charge in [0.25, 0.3) is 5.91 Å². The van der Waals surface area contributed by atoms with Gasteiger partial charge in [-0.3, -0.25) is 4.79 Å². The SMILES string of the molecule is CC(C)(C)[C@@H]1CCc2c(sc(N=Cc3ccc4c(c3)OCCO4)c2C(=O)Nc2ccc(Cl)cc2)C1. The molecule has 1 N–H and O–H groups in total. The molecule has 1 aromatic heterocycles. The first kappa shape index (κ1) is 23.9. The Bertz CT molecular complexity index is 1270. The van der Waals surface area contributed by atoms with Crippen LogP contribution in [0.2, 0.25) is 5.02 Å². The summed E-state index contributed by atoms with van der Waals surface area (Å²) in [6.45, 7) is 7.99. The zero-order valence-electron chi connectivity index (χ0n) is 20.2. The molecule has 5 rings (SSSR count). The van der Waals surface area contributed by atoms with E-state index < -0.39 is 0 Å². The van der Waals surface area contributed by atoms with Crippen molar-refractivity contribution in [2.24, 2.45) is 16.3 Å². The number of amides is 1. The van der Waals surface area contributed by atoms with E-state index in [0.29, 0.717) is 35.4 Å². The second-order valence-corrected chi connectivity index (χ2v) is 11.6. The molecule has 5 nitrogen and oxygen atoms in total. The largest absolute Gasteiger partial charge is 0.486 e. The van der Waals surface area contributed by atoms with Gasteiger partial charge in [-0.05, 0) is 84.2 Å². The molecule has 0 unspecified atom stereocenters. The van der Waals surface area contributed by atoms with Crippen molar-refractivity contribution in [2.45, 2.75) is 40.0 Å². The Labute approximate surface area is 215 Å². The summed E-state index contributed by atoms with van der Waals surface area (Å²) in [5.74, 6) is 1.92. The van der Waals surface area contributed by atoms with Crippen molar-refractivity contribution < 1.29 is 14.3 Å². The lowest BCUT2D eigenvalue weighted by atomic mass is 9.72. The number of hydrogen-bond donors (Lipinski definition) is 1. The maximum absolute atomic E-state index is 13.5. The summed E-state index contributed by atoms with van der Waals surface area (Å²) < 4.78 is 11.3. The first-order valence-corrected chi connectivity index (χ1v) is 13.1. The van der Waals surface area contributed by atoms with Gasteiger partial charge in [-0.25, -0.2) is 4.99 Å². The summed E-state index contributed by atoms with van der Waals surface area (Å²) in [5.41, 5.74) is 3.65. The number of anilines is 1. The summed E-state index contributed by atoms with van der Waals surface area (Å²) in [6.07, 6.45) is 4.73. The Kier molecular flexibility index (Phi) is 6.60. The Balaban J connectivity index is 1.48. The first-order valence-electron chi connectivity index (χ1n) is 11.9. The number of nitrogens with one attached hydrogen (secondary N) is 1. The molecule has 2 aromatic carbocycles. The van der Waals surface area contributed by atoms with Gasteiger partial charge in [0, 0.05) is 21.8 Å². The van der Waals surface area contributed by atoms with E-state index in [2.05, 4.69) is 26.1 Å². The summed E-state index contributed by atoms with van der Waals surface area (Å²) in [4.78, 5) is 19.6. The van der Waals surface area contributed by atoms with Crippen LogP contribution < -0.4 is 14.8 Å². The lowest BCUT2D eigenvalue weighted by molar-refractivity contribution is 0.102. The average Bonchev–Trinajstić information content (AvgIpc) is 3.21. The third kappa shape index (κ3) is 5.24. The number of halogens is 1. The van der Waals surface area contributed by atoms with Crippen LogP contribution in [0.4, 0.5) is 10.7 Å². The number of aliphatic imine (C=N–C) groups is 1. The van der Waals surface area contributed by atoms with Crippen LogP contribution in [-0.4, -0.2) is 25.3 Å². The highest BCUT2D eigenvalue weighted by Gasteiger charge is 2.33. The van der Waals surface area contributed by atoms with Crippen molar-refractivity contribution in [1.82, 2.24) is 0 Å². The number of rotatable bonds is 4. The van der Waals surface area contributed by atoms with Crippen LogP contribution >= 0.6 is 22.9 Å². The van der Waals surface area contributed by atoms with Crippen LogP contribution in [0.25, 0.3) is 0 Å². The van der Waals surface area contributed by atoms with Crippen LogP contribution in [0, 0.1) is 11.3 Å². The number of nitrogens with zero attached hydrogens (tertiary/aromatic N) is 1. The van der Waals surface area contributed by atoms with Crippen LogP contribution in [0.1, 0.15) is 53.6 Å². The maximum Gasteiger partial charge on any atom is 0.259 e. The molecule has 0 saturated carbocycles. The Morgan fingerprint density at radius 3 is 2.60 bits per heavy atom. The third-order valence-electron chi connectivity index (χ3n) is 6.70. The van der Waals surface area contributed by atoms with Crippen LogP contribution in [-0.2, 0) is 12.8 Å². The molecule has 0 saturated heterocycles. The molecule has 7 heteroatoms. The van der Waals surface area contributed by atoms with Gasteiger partial charge in [0.1, 0.15) is 18.2 Å². The monoisotopic (exact) mass is 508 g/mol. The Morgan fingerprint density at radius 2 is 1.86 bits per heavy atom. The molecule has 182 valence electrons. The van der Waals surface area contributed by atoms with E-state index in [0.717, 1.165) is 46.9 Å². The smallest absolute Gasteiger partial charge is 0.259 e. The Hall–Kier alpha value is -2.83. The summed E-state index contributed by atoms with van der Waals surface area (Å²) in [5, 5.41) is 4.42. The number of carbonyl (C=O) groups excluding carboxylic acids is 1. The Morgan fingerprint density at radius 1 is 1.11 bits per heavy atom. The number of thiophene rings is 1. The third-order valence-corrected chi connectivity index (χ3v) is 8.11. The zero-order chi connectivity index (χ0) is 24.6. The highest BCUT2D eigenvalue weighted by atomic mass is 35.5. The predicted octanol–water partition coefficient (Wildman–Crippen LogP) is 7.33. The molecule has 0 radical (unpaired) electrons. The quantitative estimate of drug-likeness (QED) is 0.375. The van der Waals surface area contributed by atoms with Crippen molar-refractivity contribution in [3.05, 3.63) is 69.1 Å². The number of ether oxygens (including phenoxy) is 2. The van der Waals surface area contributed by atoms with Crippen molar-refractivity contribution >= 4 is 45.7 Å². The van der Waals surface area contributed by atoms with E-state index in [-0.39, 0.29) is 11.3 Å². The normalized spacial score (nSPS) is 17.3. The molecular formula is C28H29ClN2O3S. The number of hydrogen-bond acceptors (Lipinski definition) is 5. The van der Waals surface area contributed by atoms with E-state index >= 15 is 0 Å². The van der Waals surface area contributed by atoms with Gasteiger partial charge in [0.05, 0.1) is 5.56 Å². The van der Waals surface area contributed by atoms with Crippen molar-refractivity contribution in [1.29, 1.82) is 0 Å². The molecule has 0 spiro atoms. The molecule has 35 heavy (non-hydrogen) atoms. The standard InChI is InChI=1S/C28H29ClN2O3S/c1-28(2,3)18-5-10-21-24(15-18)35-27(25(21)26(32)31-20-8-6-19(29)7-9-20)30-16-17-4-11-22-23(14-17)34-13-12-33-22/h4,6-9,11,14,16,18H,5,10,12-13,15H2,1-3H3,(H,31,32)/t18-/m1/s1. The molecule has 0 bridgehead atoms. The van der Waals surface area contributed by atoms with E-state index in [1.807, 2.05) is 30.3 Å². The molecule has 2 aliphatic rings. The fourth-order valence-corrected chi connectivity index (χ4v) is 6.03. The minimum atomic E-state index is -0.131. The molecular weight excluding hydrogens is 480 g/mol. The fraction of sp³-hybridized carbons (Fsp3) is 0.357. The van der Waals surface area contributed by atoms with Gasteiger partial charge in [-0.15, -0.1) is 11.3 Å². The van der Waals surface area contributed by atoms with Gasteiger partial charge >= 0.3 is 0 Å². The lowest BCUT2D eigenvalue weighted by Gasteiger charge is -2.33. The predicted molar refractivity (Wildman–Crippen MR) is 143 cm³/mol. The van der Waals surface area contributed by atoms with Gasteiger partial charge in [-0.2, -0.15) is 0 Å². The van der Waals surface area contributed by atoms with Gasteiger partial charge in [-0.1, -0.05) is 32.4 Å². The summed E-state index contributed by atoms with van der Waals surface area (Å²) in [7, 11) is 0. The highest BCUT2D eigenvalue weighted by Crippen LogP contribution is 2.45. The van der Waals surface area contributed by atoms with Gasteiger partial charge in [0.15, 0.2) is 11.5 Å². The average molecular weight is 509 g/mol. The second-order valence-electron chi connectivity index (χ2n) is 10.1. The molecule has 2 heterocycles. The van der Waals surface area contributed by atoms with Crippen molar-refractivity contribution in [3.8, 4) is 11.5 Å². The van der Waals surface area contributed by atoms with Crippen LogP contribution in [0.15, 0.2) is 47.5 Å². The zero-order valence-corrected chi connectivity index (χ0v) is 21.8. The van der Waals surface area contributed by atoms with E-state index in [4.69, 9.17) is 26.1 Å². The topological polar surface area (TPSA) is 59.9 Å². The van der Waals surface area contributed by atoms with Crippen LogP contribution in [0.5, 0.6) is 11.5 Å². The molecule has 3 aromatic rings. The number of fused-ring (bicyclic) bond motifs is 2. The number of benzene rings is 2. The van der Waals surface area contributed by atoms with Gasteiger partial charge in [0.2, 0.25) is 0 Å². The maximum atomic E-state index is 13.5. The summed E-state index contributed by atoms with van der Waals surface area (Å²) >= 11 is 7.65. The second kappa shape index (κ2) is 9.67. The van der Waals surface area contributed by atoms with Crippen molar-refractivity contribution in [2.75, 3.05) is 18.5 Å². The minimum absolute atomic E-state index is 0.131. The number of carbonyl (C=O) groups is 1. The first-order chi connectivity index (χ1) is 16.8. The molecule has 1 aliphatic heterocycles. The lowest BCUT2D eigenvalue weighted by Crippen LogP contribution is -2.27. The highest BCUT2D eigenvalue weighted by molar-refractivity contribution is 7.16. The molecule has 1 atom stereocenters. The summed E-state index contributed by atoms with van der Waals surface area (Å²) in [6, 6.07) is 12.9. The van der Waals surface area contributed by atoms with E-state index in [1.54, 1.807) is 29.7 Å². The van der Waals surface area contributed by atoms with Crippen LogP contribution in [0.3, 0.4) is 0 Å².